The van der Waals surface area contributed by atoms with Crippen molar-refractivity contribution < 1.29 is 79.7 Å². The Morgan fingerprint density at radius 2 is 0.571 bits per heavy atom. The van der Waals surface area contributed by atoms with Crippen LogP contribution in [0.25, 0.3) is 0 Å². The fraction of sp³-hybridized carbons (Fsp3) is 1.00. The highest BCUT2D eigenvalue weighted by Crippen LogP contribution is 2.55. The summed E-state index contributed by atoms with van der Waals surface area (Å²) in [5, 5.41) is -12.6. The van der Waals surface area contributed by atoms with Crippen molar-refractivity contribution in [1.29, 1.82) is 0 Å². The fourth-order valence-electron chi connectivity index (χ4n) is 0.899. The van der Waals surface area contributed by atoms with Gasteiger partial charge in [-0.3, -0.25) is 9.47 Å². The average Bonchev–Trinajstić information content (AvgIpc) is 2.32. The highest BCUT2D eigenvalue weighted by Gasteiger charge is 2.81. The lowest BCUT2D eigenvalue weighted by atomic mass is 10.3. The van der Waals surface area contributed by atoms with Gasteiger partial charge in [-0.1, -0.05) is 0 Å². The van der Waals surface area contributed by atoms with Crippen LogP contribution in [0.15, 0.2) is 0 Å². The molecule has 2 atom stereocenters. The summed E-state index contributed by atoms with van der Waals surface area (Å²) in [5.74, 6) is -14.8. The molecule has 0 aliphatic carbocycles. The van der Waals surface area contributed by atoms with Gasteiger partial charge in [0.05, 0.1) is 0 Å². The maximum Gasteiger partial charge on any atom is 0.462 e. The first-order valence-electron chi connectivity index (χ1n) is 5.47. The van der Waals surface area contributed by atoms with Crippen LogP contribution in [-0.4, -0.2) is 47.0 Å². The highest BCUT2D eigenvalue weighted by atomic mass is 35.5. The second-order valence-electron chi connectivity index (χ2n) is 4.42. The first-order valence-corrected chi connectivity index (χ1v) is 6.22. The van der Waals surface area contributed by atoms with Crippen LogP contribution in [0.1, 0.15) is 0 Å². The van der Waals surface area contributed by atoms with Crippen LogP contribution >= 0.6 is 23.2 Å². The van der Waals surface area contributed by atoms with Gasteiger partial charge in [-0.15, -0.1) is 0 Å². The number of hydrogen-bond acceptors (Lipinski definition) is 2. The minimum atomic E-state index is -7.42. The van der Waals surface area contributed by atoms with Gasteiger partial charge in [0.1, 0.15) is 0 Å². The van der Waals surface area contributed by atoms with E-state index < -0.39 is 47.0 Å². The van der Waals surface area contributed by atoms with E-state index in [-0.39, 0.29) is 0 Å². The summed E-state index contributed by atoms with van der Waals surface area (Å²) < 4.78 is 202. The molecule has 170 valence electrons. The van der Waals surface area contributed by atoms with Gasteiger partial charge in [-0.2, -0.15) is 70.2 Å². The summed E-state index contributed by atoms with van der Waals surface area (Å²) in [5.41, 5.74) is 0. The third kappa shape index (κ3) is 4.75. The van der Waals surface area contributed by atoms with Crippen LogP contribution in [0.4, 0.5) is 70.2 Å². The SMILES string of the molecule is FC(F)(F)C(F)(F)C(F)(F)OC(F)(Cl)C(F)(Cl)OC(F)(F)C(F)(F)C(F)(F)F. The summed E-state index contributed by atoms with van der Waals surface area (Å²) in [6, 6.07) is 0. The Kier molecular flexibility index (Phi) is 6.81. The molecular formula is C8Cl2F16O2. The molecule has 0 aromatic rings. The summed E-state index contributed by atoms with van der Waals surface area (Å²) in [6.07, 6.45) is -29.1. The van der Waals surface area contributed by atoms with Gasteiger partial charge in [0.15, 0.2) is 0 Å². The lowest BCUT2D eigenvalue weighted by molar-refractivity contribution is -0.486. The monoisotopic (exact) mass is 502 g/mol. The largest absolute Gasteiger partial charge is 0.462 e. The molecule has 2 nitrogen and oxygen atoms in total. The molecule has 0 bridgehead atoms. The third-order valence-electron chi connectivity index (χ3n) is 2.29. The molecule has 0 aromatic carbocycles. The van der Waals surface area contributed by atoms with E-state index >= 15 is 0 Å². The zero-order chi connectivity index (χ0) is 23.4. The van der Waals surface area contributed by atoms with Crippen molar-refractivity contribution in [2.75, 3.05) is 0 Å². The molecule has 0 radical (unpaired) electrons. The summed E-state index contributed by atoms with van der Waals surface area (Å²) >= 11 is 7.76. The number of rotatable bonds is 7. The van der Waals surface area contributed by atoms with Crippen molar-refractivity contribution in [3.05, 3.63) is 0 Å². The molecule has 0 N–H and O–H groups in total. The molecule has 0 aliphatic heterocycles. The van der Waals surface area contributed by atoms with Crippen LogP contribution in [-0.2, 0) is 9.47 Å². The maximum atomic E-state index is 13.4. The topological polar surface area (TPSA) is 18.5 Å². The van der Waals surface area contributed by atoms with E-state index in [1.807, 2.05) is 9.47 Å². The van der Waals surface area contributed by atoms with Gasteiger partial charge in [-0.05, 0) is 23.2 Å². The Balaban J connectivity index is 5.91. The first-order chi connectivity index (χ1) is 11.7. The van der Waals surface area contributed by atoms with E-state index in [1.54, 1.807) is 0 Å². The predicted molar refractivity (Wildman–Crippen MR) is 53.5 cm³/mol. The Bertz CT molecular complexity index is 514. The minimum Gasteiger partial charge on any atom is -0.258 e. The standard InChI is InChI=1S/C8Cl2F16O2/c9-3(15,27-7(23,24)1(11,12)5(17,18)19)4(10,16)28-8(25,26)2(13,14)6(20,21)22. The Labute approximate surface area is 151 Å². The molecule has 0 saturated heterocycles. The maximum absolute atomic E-state index is 13.4. The van der Waals surface area contributed by atoms with Crippen molar-refractivity contribution in [1.82, 2.24) is 0 Å². The van der Waals surface area contributed by atoms with Crippen molar-refractivity contribution >= 4 is 23.2 Å². The Morgan fingerprint density at radius 1 is 0.393 bits per heavy atom. The van der Waals surface area contributed by atoms with Crippen LogP contribution in [0.2, 0.25) is 0 Å². The first kappa shape index (κ1) is 27.4. The van der Waals surface area contributed by atoms with Gasteiger partial charge in [0, 0.05) is 0 Å². The Morgan fingerprint density at radius 3 is 0.714 bits per heavy atom. The van der Waals surface area contributed by atoms with Gasteiger partial charge in [-0.25, -0.2) is 0 Å². The Hall–Kier alpha value is -0.620. The summed E-state index contributed by atoms with van der Waals surface area (Å²) in [6.45, 7) is 0. The van der Waals surface area contributed by atoms with Gasteiger partial charge in [0.25, 0.3) is 0 Å². The van der Waals surface area contributed by atoms with E-state index in [2.05, 4.69) is 23.2 Å². The second kappa shape index (κ2) is 6.97. The van der Waals surface area contributed by atoms with Crippen LogP contribution in [0.5, 0.6) is 0 Å². The molecule has 2 unspecified atom stereocenters. The molecule has 28 heavy (non-hydrogen) atoms. The second-order valence-corrected chi connectivity index (χ2v) is 5.39. The van der Waals surface area contributed by atoms with Gasteiger partial charge in [0.2, 0.25) is 0 Å². The normalized spacial score (nSPS) is 19.9. The van der Waals surface area contributed by atoms with E-state index in [9.17, 15) is 70.2 Å². The van der Waals surface area contributed by atoms with Crippen molar-refractivity contribution in [3.63, 3.8) is 0 Å². The lowest BCUT2D eigenvalue weighted by Gasteiger charge is -2.37. The number of ether oxygens (including phenoxy) is 2. The van der Waals surface area contributed by atoms with Crippen LogP contribution in [0.3, 0.4) is 0 Å². The molecular weight excluding hydrogens is 503 g/mol. The molecule has 0 amide bonds. The van der Waals surface area contributed by atoms with E-state index in [0.29, 0.717) is 0 Å². The third-order valence-corrected chi connectivity index (χ3v) is 3.03. The number of halogens is 18. The molecule has 0 aromatic heterocycles. The summed E-state index contributed by atoms with van der Waals surface area (Å²) in [7, 11) is 0. The molecule has 0 spiro atoms. The van der Waals surface area contributed by atoms with Crippen LogP contribution in [0, 0.1) is 0 Å². The lowest BCUT2D eigenvalue weighted by Crippen LogP contribution is -2.61. The van der Waals surface area contributed by atoms with E-state index in [4.69, 9.17) is 0 Å². The molecule has 0 heterocycles. The average molecular weight is 503 g/mol. The minimum absolute atomic E-state index is 1.83. The summed E-state index contributed by atoms with van der Waals surface area (Å²) in [4.78, 5) is 0. The van der Waals surface area contributed by atoms with Crippen LogP contribution < -0.4 is 0 Å². The molecule has 0 aliphatic rings. The molecule has 0 fully saturated rings. The fourth-order valence-corrected chi connectivity index (χ4v) is 1.17. The van der Waals surface area contributed by atoms with Gasteiger partial charge < -0.3 is 0 Å². The quantitative estimate of drug-likeness (QED) is 0.299. The zero-order valence-electron chi connectivity index (χ0n) is 11.6. The highest BCUT2D eigenvalue weighted by molar-refractivity contribution is 6.31. The van der Waals surface area contributed by atoms with Crippen molar-refractivity contribution in [2.24, 2.45) is 0 Å². The number of hydrogen-bond donors (Lipinski definition) is 0. The smallest absolute Gasteiger partial charge is 0.258 e. The molecule has 0 rings (SSSR count). The molecule has 0 saturated carbocycles. The predicted octanol–water partition coefficient (Wildman–Crippen LogP) is 6.32. The van der Waals surface area contributed by atoms with E-state index in [1.165, 1.54) is 0 Å². The van der Waals surface area contributed by atoms with Crippen molar-refractivity contribution in [3.8, 4) is 0 Å². The molecule has 20 heteroatoms. The van der Waals surface area contributed by atoms with Gasteiger partial charge >= 0.3 is 47.0 Å². The number of alkyl halides is 18. The van der Waals surface area contributed by atoms with E-state index in [0.717, 1.165) is 0 Å². The van der Waals surface area contributed by atoms with Crippen molar-refractivity contribution in [2.45, 2.75) is 47.0 Å². The zero-order valence-corrected chi connectivity index (χ0v) is 13.1.